The fourth-order valence-corrected chi connectivity index (χ4v) is 4.80. The van der Waals surface area contributed by atoms with E-state index in [-0.39, 0.29) is 12.5 Å². The molecule has 1 aromatic heterocycles. The molecule has 0 radical (unpaired) electrons. The summed E-state index contributed by atoms with van der Waals surface area (Å²) in [7, 11) is 3.94. The lowest BCUT2D eigenvalue weighted by atomic mass is 10.1. The Kier molecular flexibility index (Phi) is 6.71. The topological polar surface area (TPSA) is 83.0 Å². The van der Waals surface area contributed by atoms with Crippen molar-refractivity contribution in [1.82, 2.24) is 14.8 Å². The molecule has 3 amide bonds. The lowest BCUT2D eigenvalue weighted by molar-refractivity contribution is -0.119. The molecule has 2 aromatic carbocycles. The second-order valence-corrected chi connectivity index (χ2v) is 8.99. The third-order valence-corrected chi connectivity index (χ3v) is 6.40. The van der Waals surface area contributed by atoms with Crippen molar-refractivity contribution in [3.05, 3.63) is 53.6 Å². The Morgan fingerprint density at radius 2 is 1.73 bits per heavy atom. The number of thiazole rings is 1. The number of amides is 3. The molecule has 0 aliphatic carbocycles. The van der Waals surface area contributed by atoms with Crippen LogP contribution < -0.4 is 9.64 Å². The van der Waals surface area contributed by atoms with E-state index in [1.807, 2.05) is 44.1 Å². The molecule has 0 spiro atoms. The average Bonchev–Trinajstić information content (AvgIpc) is 3.33. The van der Waals surface area contributed by atoms with E-state index in [0.29, 0.717) is 40.7 Å². The SMILES string of the molecule is CCOc1cccc2sc(N(CCCN(C)C)C(=O)CN3C(=O)c4ccccc4C3=O)nc12. The highest BCUT2D eigenvalue weighted by atomic mass is 32.1. The van der Waals surface area contributed by atoms with Crippen molar-refractivity contribution in [3.63, 3.8) is 0 Å². The van der Waals surface area contributed by atoms with Crippen LogP contribution in [-0.2, 0) is 4.79 Å². The van der Waals surface area contributed by atoms with Crippen LogP contribution in [-0.4, -0.2) is 72.8 Å². The molecule has 8 nitrogen and oxygen atoms in total. The summed E-state index contributed by atoms with van der Waals surface area (Å²) in [5, 5.41) is 0.525. The van der Waals surface area contributed by atoms with Gasteiger partial charge in [-0.25, -0.2) is 4.98 Å². The Labute approximate surface area is 196 Å². The largest absolute Gasteiger partial charge is 0.492 e. The fraction of sp³-hybridized carbons (Fsp3) is 0.333. The highest BCUT2D eigenvalue weighted by Crippen LogP contribution is 2.34. The number of carbonyl (C=O) groups excluding carboxylic acids is 3. The van der Waals surface area contributed by atoms with E-state index >= 15 is 0 Å². The maximum atomic E-state index is 13.4. The summed E-state index contributed by atoms with van der Waals surface area (Å²) in [5.41, 5.74) is 1.36. The van der Waals surface area contributed by atoms with Gasteiger partial charge in [0.15, 0.2) is 5.13 Å². The first-order valence-corrected chi connectivity index (χ1v) is 11.6. The first kappa shape index (κ1) is 22.9. The molecule has 0 fully saturated rings. The number of para-hydroxylation sites is 1. The zero-order chi connectivity index (χ0) is 23.5. The van der Waals surface area contributed by atoms with Gasteiger partial charge >= 0.3 is 0 Å². The van der Waals surface area contributed by atoms with Gasteiger partial charge in [-0.05, 0) is 58.3 Å². The van der Waals surface area contributed by atoms with Crippen molar-refractivity contribution in [1.29, 1.82) is 0 Å². The van der Waals surface area contributed by atoms with Crippen LogP contribution in [0.5, 0.6) is 5.75 Å². The highest BCUT2D eigenvalue weighted by molar-refractivity contribution is 7.22. The van der Waals surface area contributed by atoms with Gasteiger partial charge in [-0.3, -0.25) is 24.2 Å². The second kappa shape index (κ2) is 9.68. The van der Waals surface area contributed by atoms with E-state index in [0.717, 1.165) is 22.6 Å². The fourth-order valence-electron chi connectivity index (χ4n) is 3.77. The summed E-state index contributed by atoms with van der Waals surface area (Å²) in [6, 6.07) is 12.3. The van der Waals surface area contributed by atoms with Crippen molar-refractivity contribution in [2.75, 3.05) is 45.2 Å². The molecule has 1 aliphatic heterocycles. The molecule has 0 N–H and O–H groups in total. The third-order valence-electron chi connectivity index (χ3n) is 5.36. The Morgan fingerprint density at radius 1 is 1.03 bits per heavy atom. The van der Waals surface area contributed by atoms with Gasteiger partial charge in [-0.15, -0.1) is 0 Å². The first-order chi connectivity index (χ1) is 15.9. The van der Waals surface area contributed by atoms with Crippen LogP contribution in [0.25, 0.3) is 10.2 Å². The average molecular weight is 467 g/mol. The Balaban J connectivity index is 1.61. The van der Waals surface area contributed by atoms with Gasteiger partial charge in [-0.1, -0.05) is 29.5 Å². The van der Waals surface area contributed by atoms with E-state index in [2.05, 4.69) is 0 Å². The number of nitrogens with zero attached hydrogens (tertiary/aromatic N) is 4. The van der Waals surface area contributed by atoms with Crippen molar-refractivity contribution in [3.8, 4) is 5.75 Å². The zero-order valence-electron chi connectivity index (χ0n) is 18.9. The summed E-state index contributed by atoms with van der Waals surface area (Å²) in [5.74, 6) is -0.570. The summed E-state index contributed by atoms with van der Waals surface area (Å²) in [4.78, 5) is 48.3. The van der Waals surface area contributed by atoms with Gasteiger partial charge in [0.05, 0.1) is 22.4 Å². The van der Waals surface area contributed by atoms with Crippen LogP contribution >= 0.6 is 11.3 Å². The van der Waals surface area contributed by atoms with Crippen molar-refractivity contribution >= 4 is 44.4 Å². The Morgan fingerprint density at radius 3 is 2.36 bits per heavy atom. The van der Waals surface area contributed by atoms with Gasteiger partial charge in [0, 0.05) is 6.54 Å². The third kappa shape index (κ3) is 4.60. The van der Waals surface area contributed by atoms with Gasteiger partial charge < -0.3 is 9.64 Å². The van der Waals surface area contributed by atoms with Crippen LogP contribution in [0.1, 0.15) is 34.1 Å². The van der Waals surface area contributed by atoms with E-state index in [1.54, 1.807) is 29.2 Å². The van der Waals surface area contributed by atoms with Crippen LogP contribution in [0, 0.1) is 0 Å². The maximum absolute atomic E-state index is 13.4. The lowest BCUT2D eigenvalue weighted by Gasteiger charge is -2.23. The van der Waals surface area contributed by atoms with E-state index in [9.17, 15) is 14.4 Å². The summed E-state index contributed by atoms with van der Waals surface area (Å²) >= 11 is 1.39. The number of benzene rings is 2. The minimum Gasteiger partial charge on any atom is -0.492 e. The van der Waals surface area contributed by atoms with Crippen molar-refractivity contribution in [2.24, 2.45) is 0 Å². The van der Waals surface area contributed by atoms with E-state index in [1.165, 1.54) is 11.3 Å². The van der Waals surface area contributed by atoms with Crippen LogP contribution in [0.2, 0.25) is 0 Å². The smallest absolute Gasteiger partial charge is 0.262 e. The number of anilines is 1. The molecule has 0 saturated carbocycles. The molecule has 1 aliphatic rings. The molecule has 0 unspecified atom stereocenters. The second-order valence-electron chi connectivity index (χ2n) is 7.98. The monoisotopic (exact) mass is 466 g/mol. The molecule has 0 atom stereocenters. The maximum Gasteiger partial charge on any atom is 0.262 e. The van der Waals surface area contributed by atoms with E-state index < -0.39 is 11.8 Å². The molecule has 0 saturated heterocycles. The van der Waals surface area contributed by atoms with E-state index in [4.69, 9.17) is 9.72 Å². The minimum absolute atomic E-state index is 0.329. The van der Waals surface area contributed by atoms with Gasteiger partial charge in [0.1, 0.15) is 17.8 Å². The zero-order valence-corrected chi connectivity index (χ0v) is 19.7. The lowest BCUT2D eigenvalue weighted by Crippen LogP contribution is -2.43. The van der Waals surface area contributed by atoms with Gasteiger partial charge in [-0.2, -0.15) is 0 Å². The number of carbonyl (C=O) groups is 3. The molecule has 2 heterocycles. The Hall–Kier alpha value is -3.30. The van der Waals surface area contributed by atoms with Crippen molar-refractivity contribution < 1.29 is 19.1 Å². The Bertz CT molecular complexity index is 1170. The summed E-state index contributed by atoms with van der Waals surface area (Å²) in [6.07, 6.45) is 0.717. The molecule has 3 aromatic rings. The van der Waals surface area contributed by atoms with Crippen LogP contribution in [0.15, 0.2) is 42.5 Å². The van der Waals surface area contributed by atoms with Gasteiger partial charge in [0.2, 0.25) is 5.91 Å². The first-order valence-electron chi connectivity index (χ1n) is 10.8. The molecule has 9 heteroatoms. The normalized spacial score (nSPS) is 13.2. The van der Waals surface area contributed by atoms with Crippen LogP contribution in [0.3, 0.4) is 0 Å². The molecule has 172 valence electrons. The number of ether oxygens (including phenoxy) is 1. The highest BCUT2D eigenvalue weighted by Gasteiger charge is 2.37. The number of aromatic nitrogens is 1. The molecule has 0 bridgehead atoms. The number of hydrogen-bond donors (Lipinski definition) is 0. The van der Waals surface area contributed by atoms with Crippen LogP contribution in [0.4, 0.5) is 5.13 Å². The molecular formula is C24H26N4O4S. The molecule has 33 heavy (non-hydrogen) atoms. The van der Waals surface area contributed by atoms with Crippen molar-refractivity contribution in [2.45, 2.75) is 13.3 Å². The quantitative estimate of drug-likeness (QED) is 0.450. The van der Waals surface area contributed by atoms with Gasteiger partial charge in [0.25, 0.3) is 11.8 Å². The summed E-state index contributed by atoms with van der Waals surface area (Å²) in [6.45, 7) is 3.29. The standard InChI is InChI=1S/C24H26N4O4S/c1-4-32-18-11-7-12-19-21(18)25-24(33-19)27(14-8-13-26(2)3)20(29)15-28-22(30)16-9-5-6-10-17(16)23(28)31/h5-7,9-12H,4,8,13-15H2,1-3H3. The predicted molar refractivity (Wildman–Crippen MR) is 128 cm³/mol. The number of rotatable bonds is 9. The summed E-state index contributed by atoms with van der Waals surface area (Å²) < 4.78 is 6.60. The number of fused-ring (bicyclic) bond motifs is 2. The molecule has 4 rings (SSSR count). The number of imide groups is 1. The predicted octanol–water partition coefficient (Wildman–Crippen LogP) is 3.28. The minimum atomic E-state index is -0.444. The number of hydrogen-bond acceptors (Lipinski definition) is 7. The molecular weight excluding hydrogens is 440 g/mol.